The van der Waals surface area contributed by atoms with Gasteiger partial charge in [0.2, 0.25) is 5.71 Å². The molecule has 0 saturated carbocycles. The van der Waals surface area contributed by atoms with E-state index in [4.69, 9.17) is 10.4 Å². The molecule has 0 aliphatic heterocycles. The molecule has 0 spiro atoms. The van der Waals surface area contributed by atoms with E-state index in [1.807, 2.05) is 0 Å². The molecule has 0 unspecified atom stereocenters. The number of aliphatic carboxylic acids is 1. The van der Waals surface area contributed by atoms with Gasteiger partial charge in [-0.3, -0.25) is 5.01 Å². The SMILES string of the molecule is CN(N=C(C#N)C(=O)O)c1ccc(-c2ncccn2)cc1. The molecule has 1 heterocycles. The molecule has 104 valence electrons. The van der Waals surface area contributed by atoms with Crippen molar-refractivity contribution in [3.8, 4) is 17.5 Å². The summed E-state index contributed by atoms with van der Waals surface area (Å²) in [5.41, 5.74) is 0.895. The van der Waals surface area contributed by atoms with Gasteiger partial charge < -0.3 is 5.11 Å². The largest absolute Gasteiger partial charge is 0.476 e. The fourth-order valence-corrected chi connectivity index (χ4v) is 1.60. The second kappa shape index (κ2) is 6.25. The number of anilines is 1. The molecule has 0 aliphatic carbocycles. The number of benzene rings is 1. The zero-order chi connectivity index (χ0) is 15.2. The highest BCUT2D eigenvalue weighted by atomic mass is 16.4. The molecular formula is C14H11N5O2. The maximum Gasteiger partial charge on any atom is 0.367 e. The van der Waals surface area contributed by atoms with E-state index in [2.05, 4.69) is 15.1 Å². The molecule has 0 bridgehead atoms. The Bertz CT molecular complexity index is 704. The van der Waals surface area contributed by atoms with Crippen LogP contribution in [0.25, 0.3) is 11.4 Å². The first-order valence-corrected chi connectivity index (χ1v) is 5.95. The predicted molar refractivity (Wildman–Crippen MR) is 76.6 cm³/mol. The summed E-state index contributed by atoms with van der Waals surface area (Å²) in [5, 5.41) is 22.5. The highest BCUT2D eigenvalue weighted by molar-refractivity contribution is 6.42. The number of hydrazone groups is 1. The van der Waals surface area contributed by atoms with E-state index in [1.165, 1.54) is 11.1 Å². The smallest absolute Gasteiger partial charge is 0.367 e. The van der Waals surface area contributed by atoms with Crippen molar-refractivity contribution in [2.45, 2.75) is 0 Å². The van der Waals surface area contributed by atoms with E-state index in [0.29, 0.717) is 11.5 Å². The molecule has 7 heteroatoms. The van der Waals surface area contributed by atoms with Crippen molar-refractivity contribution in [3.05, 3.63) is 42.7 Å². The first-order valence-electron chi connectivity index (χ1n) is 5.95. The number of rotatable bonds is 4. The van der Waals surface area contributed by atoms with Gasteiger partial charge in [0, 0.05) is 25.0 Å². The van der Waals surface area contributed by atoms with Crippen molar-refractivity contribution in [3.63, 3.8) is 0 Å². The lowest BCUT2D eigenvalue weighted by Crippen LogP contribution is -2.18. The molecule has 1 aromatic carbocycles. The molecule has 1 aromatic heterocycles. The van der Waals surface area contributed by atoms with Gasteiger partial charge in [-0.1, -0.05) is 0 Å². The van der Waals surface area contributed by atoms with E-state index in [1.54, 1.807) is 49.8 Å². The molecular weight excluding hydrogens is 270 g/mol. The fraction of sp³-hybridized carbons (Fsp3) is 0.0714. The van der Waals surface area contributed by atoms with Crippen LogP contribution in [0.1, 0.15) is 0 Å². The Morgan fingerprint density at radius 1 is 1.29 bits per heavy atom. The third-order valence-corrected chi connectivity index (χ3v) is 2.62. The van der Waals surface area contributed by atoms with Crippen molar-refractivity contribution < 1.29 is 9.90 Å². The Kier molecular flexibility index (Phi) is 4.21. The first kappa shape index (κ1) is 14.1. The Hall–Kier alpha value is -3.27. The van der Waals surface area contributed by atoms with Crippen LogP contribution in [0.5, 0.6) is 0 Å². The number of carbonyl (C=O) groups is 1. The quantitative estimate of drug-likeness (QED) is 0.673. The average Bonchev–Trinajstić information content (AvgIpc) is 2.53. The van der Waals surface area contributed by atoms with E-state index in [-0.39, 0.29) is 0 Å². The number of carboxylic acids is 1. The standard InChI is InChI=1S/C14H11N5O2/c1-19(18-12(9-15)14(20)21)11-5-3-10(4-6-11)13-16-7-2-8-17-13/h2-8H,1H3,(H,20,21). The van der Waals surface area contributed by atoms with Gasteiger partial charge in [-0.2, -0.15) is 10.4 Å². The third kappa shape index (κ3) is 3.39. The van der Waals surface area contributed by atoms with Crippen LogP contribution in [0, 0.1) is 11.3 Å². The average molecular weight is 281 g/mol. The van der Waals surface area contributed by atoms with Crippen LogP contribution in [-0.2, 0) is 4.79 Å². The van der Waals surface area contributed by atoms with Crippen LogP contribution >= 0.6 is 0 Å². The zero-order valence-corrected chi connectivity index (χ0v) is 11.1. The van der Waals surface area contributed by atoms with Crippen molar-refractivity contribution >= 4 is 17.4 Å². The van der Waals surface area contributed by atoms with Gasteiger partial charge in [0.25, 0.3) is 0 Å². The van der Waals surface area contributed by atoms with Gasteiger partial charge in [0.1, 0.15) is 6.07 Å². The number of hydrogen-bond donors (Lipinski definition) is 1. The van der Waals surface area contributed by atoms with Crippen molar-refractivity contribution in [1.82, 2.24) is 9.97 Å². The highest BCUT2D eigenvalue weighted by Crippen LogP contribution is 2.19. The zero-order valence-electron chi connectivity index (χ0n) is 11.1. The summed E-state index contributed by atoms with van der Waals surface area (Å²) in [5.74, 6) is -0.767. The van der Waals surface area contributed by atoms with Crippen LogP contribution in [0.4, 0.5) is 5.69 Å². The van der Waals surface area contributed by atoms with Crippen molar-refractivity contribution in [2.24, 2.45) is 5.10 Å². The Morgan fingerprint density at radius 2 is 1.90 bits per heavy atom. The summed E-state index contributed by atoms with van der Waals surface area (Å²) in [7, 11) is 1.56. The van der Waals surface area contributed by atoms with Crippen molar-refractivity contribution in [1.29, 1.82) is 5.26 Å². The van der Waals surface area contributed by atoms with Gasteiger partial charge >= 0.3 is 5.97 Å². The number of nitriles is 1. The van der Waals surface area contributed by atoms with E-state index < -0.39 is 11.7 Å². The maximum atomic E-state index is 10.7. The summed E-state index contributed by atoms with van der Waals surface area (Å²) >= 11 is 0. The molecule has 0 radical (unpaired) electrons. The highest BCUT2D eigenvalue weighted by Gasteiger charge is 2.10. The first-order chi connectivity index (χ1) is 10.1. The van der Waals surface area contributed by atoms with Crippen LogP contribution in [0.2, 0.25) is 0 Å². The Morgan fingerprint density at radius 3 is 2.43 bits per heavy atom. The fourth-order valence-electron chi connectivity index (χ4n) is 1.60. The molecule has 0 atom stereocenters. The summed E-state index contributed by atoms with van der Waals surface area (Å²) in [4.78, 5) is 19.0. The Balaban J connectivity index is 2.24. The van der Waals surface area contributed by atoms with Crippen molar-refractivity contribution in [2.75, 3.05) is 12.1 Å². The molecule has 0 saturated heterocycles. The topological polar surface area (TPSA) is 102 Å². The second-order valence-electron chi connectivity index (χ2n) is 4.01. The summed E-state index contributed by atoms with van der Waals surface area (Å²) in [6.07, 6.45) is 3.30. The van der Waals surface area contributed by atoms with E-state index in [9.17, 15) is 4.79 Å². The van der Waals surface area contributed by atoms with E-state index in [0.717, 1.165) is 5.56 Å². The number of hydrogen-bond acceptors (Lipinski definition) is 6. The predicted octanol–water partition coefficient (Wildman–Crippen LogP) is 1.54. The minimum Gasteiger partial charge on any atom is -0.476 e. The Labute approximate surface area is 120 Å². The molecule has 0 amide bonds. The van der Waals surface area contributed by atoms with Gasteiger partial charge in [0.15, 0.2) is 5.82 Å². The number of aromatic nitrogens is 2. The molecule has 2 rings (SSSR count). The van der Waals surface area contributed by atoms with Gasteiger partial charge in [-0.25, -0.2) is 14.8 Å². The maximum absolute atomic E-state index is 10.7. The van der Waals surface area contributed by atoms with Gasteiger partial charge in [-0.15, -0.1) is 0 Å². The molecule has 0 fully saturated rings. The second-order valence-corrected chi connectivity index (χ2v) is 4.01. The van der Waals surface area contributed by atoms with E-state index >= 15 is 0 Å². The minimum absolute atomic E-state index is 0.576. The summed E-state index contributed by atoms with van der Waals surface area (Å²) in [6.45, 7) is 0. The lowest BCUT2D eigenvalue weighted by atomic mass is 10.2. The lowest BCUT2D eigenvalue weighted by Gasteiger charge is -2.13. The number of nitrogens with zero attached hydrogens (tertiary/aromatic N) is 5. The third-order valence-electron chi connectivity index (χ3n) is 2.62. The summed E-state index contributed by atoms with van der Waals surface area (Å²) < 4.78 is 0. The molecule has 2 aromatic rings. The normalized spacial score (nSPS) is 10.8. The van der Waals surface area contributed by atoms with Crippen LogP contribution in [0.15, 0.2) is 47.8 Å². The lowest BCUT2D eigenvalue weighted by molar-refractivity contribution is -0.129. The van der Waals surface area contributed by atoms with Crippen LogP contribution in [0.3, 0.4) is 0 Å². The minimum atomic E-state index is -1.36. The van der Waals surface area contributed by atoms with Gasteiger partial charge in [0.05, 0.1) is 5.69 Å². The summed E-state index contributed by atoms with van der Waals surface area (Å²) in [6, 6.07) is 10.3. The van der Waals surface area contributed by atoms with Crippen LogP contribution < -0.4 is 5.01 Å². The molecule has 0 aliphatic rings. The molecule has 7 nitrogen and oxygen atoms in total. The number of carboxylic acid groups (broad SMARTS) is 1. The monoisotopic (exact) mass is 281 g/mol. The molecule has 21 heavy (non-hydrogen) atoms. The van der Waals surface area contributed by atoms with Crippen LogP contribution in [-0.4, -0.2) is 33.8 Å². The van der Waals surface area contributed by atoms with Gasteiger partial charge in [-0.05, 0) is 30.3 Å². The molecule has 1 N–H and O–H groups in total.